The van der Waals surface area contributed by atoms with Gasteiger partial charge in [0.25, 0.3) is 5.91 Å². The monoisotopic (exact) mass is 459 g/mol. The molecule has 3 aromatic rings. The predicted molar refractivity (Wildman–Crippen MR) is 130 cm³/mol. The van der Waals surface area contributed by atoms with Gasteiger partial charge in [-0.25, -0.2) is 4.79 Å². The van der Waals surface area contributed by atoms with E-state index >= 15 is 0 Å². The lowest BCUT2D eigenvalue weighted by Gasteiger charge is -2.36. The molecule has 0 saturated carbocycles. The van der Waals surface area contributed by atoms with Crippen molar-refractivity contribution in [3.05, 3.63) is 89.7 Å². The highest BCUT2D eigenvalue weighted by molar-refractivity contribution is 5.91. The first-order chi connectivity index (χ1) is 16.6. The van der Waals surface area contributed by atoms with E-state index in [0.29, 0.717) is 38.3 Å². The van der Waals surface area contributed by atoms with Crippen LogP contribution in [0.5, 0.6) is 5.75 Å². The van der Waals surface area contributed by atoms with Crippen molar-refractivity contribution >= 4 is 17.6 Å². The third-order valence-electron chi connectivity index (χ3n) is 5.82. The summed E-state index contributed by atoms with van der Waals surface area (Å²) in [5, 5.41) is 0. The zero-order valence-corrected chi connectivity index (χ0v) is 19.4. The summed E-state index contributed by atoms with van der Waals surface area (Å²) in [6.45, 7) is 4.84. The maximum absolute atomic E-state index is 12.5. The number of pyridine rings is 1. The van der Waals surface area contributed by atoms with Crippen LogP contribution in [0.3, 0.4) is 0 Å². The number of hydrogen-bond donors (Lipinski definition) is 0. The van der Waals surface area contributed by atoms with E-state index in [1.165, 1.54) is 0 Å². The molecule has 0 unspecified atom stereocenters. The smallest absolute Gasteiger partial charge is 0.338 e. The first kappa shape index (κ1) is 23.3. The van der Waals surface area contributed by atoms with Gasteiger partial charge in [-0.3, -0.25) is 9.78 Å². The first-order valence-corrected chi connectivity index (χ1v) is 11.5. The third-order valence-corrected chi connectivity index (χ3v) is 5.82. The molecule has 1 aromatic heterocycles. The van der Waals surface area contributed by atoms with Crippen LogP contribution in [0, 0.1) is 0 Å². The van der Waals surface area contributed by atoms with Crippen molar-refractivity contribution in [2.75, 3.05) is 37.7 Å². The molecular weight excluding hydrogens is 430 g/mol. The number of aryl methyl sites for hydroxylation is 1. The minimum Gasteiger partial charge on any atom is -0.489 e. The molecule has 34 heavy (non-hydrogen) atoms. The van der Waals surface area contributed by atoms with E-state index in [2.05, 4.69) is 9.88 Å². The molecule has 2 aromatic carbocycles. The lowest BCUT2D eigenvalue weighted by molar-refractivity contribution is -0.134. The molecule has 0 atom stereocenters. The van der Waals surface area contributed by atoms with Crippen LogP contribution in [0.4, 0.5) is 5.69 Å². The van der Waals surface area contributed by atoms with Gasteiger partial charge in [0.05, 0.1) is 5.56 Å². The number of benzene rings is 2. The molecule has 1 saturated heterocycles. The summed E-state index contributed by atoms with van der Waals surface area (Å²) in [6, 6.07) is 21.4. The number of anilines is 1. The van der Waals surface area contributed by atoms with Gasteiger partial charge in [-0.2, -0.15) is 0 Å². The van der Waals surface area contributed by atoms with Crippen molar-refractivity contribution in [1.82, 2.24) is 9.88 Å². The van der Waals surface area contributed by atoms with Gasteiger partial charge in [0, 0.05) is 43.8 Å². The topological polar surface area (TPSA) is 72.0 Å². The molecule has 0 radical (unpaired) electrons. The number of hydrogen-bond acceptors (Lipinski definition) is 6. The molecule has 1 amide bonds. The van der Waals surface area contributed by atoms with Gasteiger partial charge >= 0.3 is 5.97 Å². The molecule has 1 aliphatic heterocycles. The minimum atomic E-state index is -0.501. The van der Waals surface area contributed by atoms with Gasteiger partial charge in [-0.05, 0) is 48.4 Å². The Morgan fingerprint density at radius 3 is 2.38 bits per heavy atom. The lowest BCUT2D eigenvalue weighted by Crippen LogP contribution is -2.49. The highest BCUT2D eigenvalue weighted by Crippen LogP contribution is 2.21. The average molecular weight is 460 g/mol. The Balaban J connectivity index is 1.21. The fraction of sp³-hybridized carbons (Fsp3) is 0.296. The maximum Gasteiger partial charge on any atom is 0.338 e. The molecule has 0 spiro atoms. The van der Waals surface area contributed by atoms with Crippen molar-refractivity contribution in [3.8, 4) is 5.75 Å². The second-order valence-electron chi connectivity index (χ2n) is 8.10. The summed E-state index contributed by atoms with van der Waals surface area (Å²) in [5.41, 5.74) is 3.45. The lowest BCUT2D eigenvalue weighted by atomic mass is 10.2. The van der Waals surface area contributed by atoms with Gasteiger partial charge in [0.15, 0.2) is 6.61 Å². The van der Waals surface area contributed by atoms with Gasteiger partial charge < -0.3 is 19.3 Å². The highest BCUT2D eigenvalue weighted by atomic mass is 16.5. The van der Waals surface area contributed by atoms with Crippen LogP contribution in [-0.2, 0) is 22.6 Å². The second kappa shape index (κ2) is 11.3. The van der Waals surface area contributed by atoms with E-state index in [9.17, 15) is 9.59 Å². The number of ether oxygens (including phenoxy) is 2. The van der Waals surface area contributed by atoms with Gasteiger partial charge in [0.2, 0.25) is 0 Å². The molecule has 0 N–H and O–H groups in total. The summed E-state index contributed by atoms with van der Waals surface area (Å²) in [4.78, 5) is 32.9. The van der Waals surface area contributed by atoms with Crippen molar-refractivity contribution in [3.63, 3.8) is 0 Å². The number of carbonyl (C=O) groups is 2. The average Bonchev–Trinajstić information content (AvgIpc) is 2.91. The Bertz CT molecular complexity index is 1090. The molecule has 2 heterocycles. The van der Waals surface area contributed by atoms with Crippen molar-refractivity contribution < 1.29 is 19.1 Å². The van der Waals surface area contributed by atoms with Crippen molar-refractivity contribution in [1.29, 1.82) is 0 Å². The van der Waals surface area contributed by atoms with Crippen LogP contribution in [0.2, 0.25) is 0 Å². The highest BCUT2D eigenvalue weighted by Gasteiger charge is 2.22. The largest absolute Gasteiger partial charge is 0.489 e. The summed E-state index contributed by atoms with van der Waals surface area (Å²) in [7, 11) is 0. The number of aromatic nitrogens is 1. The van der Waals surface area contributed by atoms with Crippen LogP contribution >= 0.6 is 0 Å². The summed E-state index contributed by atoms with van der Waals surface area (Å²) in [6.07, 6.45) is 2.31. The Labute approximate surface area is 199 Å². The van der Waals surface area contributed by atoms with Gasteiger partial charge in [-0.1, -0.05) is 37.3 Å². The normalized spacial score (nSPS) is 13.4. The van der Waals surface area contributed by atoms with Gasteiger partial charge in [-0.15, -0.1) is 0 Å². The Kier molecular flexibility index (Phi) is 7.75. The number of amides is 1. The number of esters is 1. The van der Waals surface area contributed by atoms with E-state index < -0.39 is 5.97 Å². The molecule has 0 aliphatic carbocycles. The Hall–Kier alpha value is -3.87. The zero-order chi connectivity index (χ0) is 23.8. The van der Waals surface area contributed by atoms with E-state index in [4.69, 9.17) is 9.47 Å². The van der Waals surface area contributed by atoms with E-state index in [1.54, 1.807) is 23.2 Å². The Morgan fingerprint density at radius 1 is 0.941 bits per heavy atom. The molecule has 176 valence electrons. The first-order valence-electron chi connectivity index (χ1n) is 11.5. The van der Waals surface area contributed by atoms with Crippen LogP contribution in [-0.4, -0.2) is 54.5 Å². The third kappa shape index (κ3) is 6.13. The standard InChI is InChI=1S/C27H29N3O4/c1-2-23-18-22(12-13-28-23)27(32)34-20-26(31)30-16-14-29(15-17-30)24-8-10-25(11-9-24)33-19-21-6-4-3-5-7-21/h3-13,18H,2,14-17,19-20H2,1H3. The SMILES string of the molecule is CCc1cc(C(=O)OCC(=O)N2CCN(c3ccc(OCc4ccccc4)cc3)CC2)ccn1. The van der Waals surface area contributed by atoms with Crippen molar-refractivity contribution in [2.24, 2.45) is 0 Å². The summed E-state index contributed by atoms with van der Waals surface area (Å²) < 4.78 is 11.1. The molecule has 0 bridgehead atoms. The molecule has 1 aliphatic rings. The van der Waals surface area contributed by atoms with E-state index in [0.717, 1.165) is 29.1 Å². The minimum absolute atomic E-state index is 0.178. The molecular formula is C27H29N3O4. The Morgan fingerprint density at radius 2 is 1.68 bits per heavy atom. The van der Waals surface area contributed by atoms with E-state index in [-0.39, 0.29) is 12.5 Å². The molecule has 4 rings (SSSR count). The van der Waals surface area contributed by atoms with Crippen LogP contribution in [0.25, 0.3) is 0 Å². The fourth-order valence-corrected chi connectivity index (χ4v) is 3.81. The second-order valence-corrected chi connectivity index (χ2v) is 8.10. The molecule has 1 fully saturated rings. The fourth-order valence-electron chi connectivity index (χ4n) is 3.81. The number of piperazine rings is 1. The van der Waals surface area contributed by atoms with Crippen molar-refractivity contribution in [2.45, 2.75) is 20.0 Å². The van der Waals surface area contributed by atoms with Gasteiger partial charge in [0.1, 0.15) is 12.4 Å². The van der Waals surface area contributed by atoms with E-state index in [1.807, 2.05) is 61.5 Å². The number of rotatable bonds is 8. The van der Waals surface area contributed by atoms with Crippen LogP contribution < -0.4 is 9.64 Å². The molecule has 7 heteroatoms. The quantitative estimate of drug-likeness (QED) is 0.478. The molecule has 7 nitrogen and oxygen atoms in total. The number of nitrogens with zero attached hydrogens (tertiary/aromatic N) is 3. The van der Waals surface area contributed by atoms with Crippen LogP contribution in [0.1, 0.15) is 28.5 Å². The predicted octanol–water partition coefficient (Wildman–Crippen LogP) is 3.73. The van der Waals surface area contributed by atoms with Crippen LogP contribution in [0.15, 0.2) is 72.9 Å². The number of carbonyl (C=O) groups excluding carboxylic acids is 2. The zero-order valence-electron chi connectivity index (χ0n) is 19.4. The summed E-state index contributed by atoms with van der Waals surface area (Å²) in [5.74, 6) is 0.143. The summed E-state index contributed by atoms with van der Waals surface area (Å²) >= 11 is 0. The maximum atomic E-state index is 12.5.